The van der Waals surface area contributed by atoms with Crippen molar-refractivity contribution in [3.8, 4) is 11.3 Å². The second-order valence-electron chi connectivity index (χ2n) is 11.2. The number of anilines is 1. The number of carbonyl (C=O) groups excluding carboxylic acids is 3. The van der Waals surface area contributed by atoms with Crippen molar-refractivity contribution < 1.29 is 29.0 Å². The number of hydrogen-bond donors (Lipinski definition) is 4. The van der Waals surface area contributed by atoms with E-state index in [4.69, 9.17) is 4.74 Å². The second kappa shape index (κ2) is 16.6. The number of unbranched alkanes of at least 4 members (excludes halogenated alkanes) is 2. The van der Waals surface area contributed by atoms with Gasteiger partial charge in [0.05, 0.1) is 12.3 Å². The number of carbonyl (C=O) groups is 4. The molecule has 0 saturated carbocycles. The van der Waals surface area contributed by atoms with Crippen molar-refractivity contribution in [1.29, 1.82) is 0 Å². The quantitative estimate of drug-likeness (QED) is 0.234. The SMILES string of the molecule is CCCCCOC(=O)N1CCN(C(=O)[C@H](CCC(=O)O)NC(=O)c2nc(NCC3CCNC3)cc(-c3ccccc3)n2)CC1. The fraction of sp³-hybridized carbons (Fsp3) is 0.548. The number of rotatable bonds is 14. The number of nitrogens with zero attached hydrogens (tertiary/aromatic N) is 4. The van der Waals surface area contributed by atoms with Crippen LogP contribution in [-0.2, 0) is 14.3 Å². The highest BCUT2D eigenvalue weighted by atomic mass is 16.6. The van der Waals surface area contributed by atoms with E-state index in [0.717, 1.165) is 44.3 Å². The summed E-state index contributed by atoms with van der Waals surface area (Å²) in [6.45, 7) is 6.02. The summed E-state index contributed by atoms with van der Waals surface area (Å²) in [6.07, 6.45) is 3.03. The van der Waals surface area contributed by atoms with Crippen LogP contribution in [0.5, 0.6) is 0 Å². The number of aliphatic carboxylic acids is 1. The first kappa shape index (κ1) is 32.6. The largest absolute Gasteiger partial charge is 0.481 e. The fourth-order valence-electron chi connectivity index (χ4n) is 5.21. The fourth-order valence-corrected chi connectivity index (χ4v) is 5.21. The van der Waals surface area contributed by atoms with E-state index in [-0.39, 0.29) is 44.8 Å². The van der Waals surface area contributed by atoms with Crippen LogP contribution >= 0.6 is 0 Å². The minimum absolute atomic E-state index is 0.0995. The Morgan fingerprint density at radius 2 is 1.82 bits per heavy atom. The van der Waals surface area contributed by atoms with Gasteiger partial charge >= 0.3 is 12.1 Å². The Labute approximate surface area is 257 Å². The highest BCUT2D eigenvalue weighted by Gasteiger charge is 2.31. The van der Waals surface area contributed by atoms with E-state index in [9.17, 15) is 24.3 Å². The molecule has 0 bridgehead atoms. The number of hydrogen-bond acceptors (Lipinski definition) is 9. The number of ether oxygens (including phenoxy) is 1. The summed E-state index contributed by atoms with van der Waals surface area (Å²) in [7, 11) is 0. The summed E-state index contributed by atoms with van der Waals surface area (Å²) < 4.78 is 5.33. The molecule has 1 aromatic carbocycles. The van der Waals surface area contributed by atoms with Gasteiger partial charge in [-0.3, -0.25) is 14.4 Å². The molecule has 44 heavy (non-hydrogen) atoms. The Morgan fingerprint density at radius 1 is 1.07 bits per heavy atom. The molecule has 13 nitrogen and oxygen atoms in total. The van der Waals surface area contributed by atoms with E-state index in [1.807, 2.05) is 30.3 Å². The van der Waals surface area contributed by atoms with Gasteiger partial charge in [-0.2, -0.15) is 0 Å². The third-order valence-corrected chi connectivity index (χ3v) is 7.81. The van der Waals surface area contributed by atoms with Crippen molar-refractivity contribution >= 4 is 29.7 Å². The number of amides is 3. The third kappa shape index (κ3) is 9.63. The molecule has 2 saturated heterocycles. The lowest BCUT2D eigenvalue weighted by Crippen LogP contribution is -2.56. The zero-order valence-corrected chi connectivity index (χ0v) is 25.3. The Hall–Kier alpha value is -4.26. The maximum Gasteiger partial charge on any atom is 0.409 e. The number of carboxylic acids is 1. The molecule has 2 aliphatic rings. The Kier molecular flexibility index (Phi) is 12.3. The van der Waals surface area contributed by atoms with Gasteiger partial charge in [-0.25, -0.2) is 14.8 Å². The molecule has 1 unspecified atom stereocenters. The van der Waals surface area contributed by atoms with E-state index in [1.54, 1.807) is 11.0 Å². The zero-order valence-electron chi connectivity index (χ0n) is 25.3. The van der Waals surface area contributed by atoms with Crippen LogP contribution in [0, 0.1) is 5.92 Å². The average molecular weight is 610 g/mol. The van der Waals surface area contributed by atoms with Crippen LogP contribution in [0.1, 0.15) is 56.1 Å². The topological polar surface area (TPSA) is 166 Å². The lowest BCUT2D eigenvalue weighted by atomic mass is 10.1. The van der Waals surface area contributed by atoms with E-state index in [1.165, 1.54) is 4.90 Å². The lowest BCUT2D eigenvalue weighted by molar-refractivity contribution is -0.138. The van der Waals surface area contributed by atoms with Gasteiger partial charge in [0.25, 0.3) is 5.91 Å². The van der Waals surface area contributed by atoms with Gasteiger partial charge in [0.2, 0.25) is 11.7 Å². The minimum Gasteiger partial charge on any atom is -0.481 e. The van der Waals surface area contributed by atoms with Gasteiger partial charge in [0.1, 0.15) is 11.9 Å². The summed E-state index contributed by atoms with van der Waals surface area (Å²) in [5, 5.41) is 18.7. The molecule has 2 aliphatic heterocycles. The molecule has 2 atom stereocenters. The van der Waals surface area contributed by atoms with Crippen molar-refractivity contribution in [2.75, 3.05) is 57.7 Å². The summed E-state index contributed by atoms with van der Waals surface area (Å²) in [6, 6.07) is 10.1. The zero-order chi connectivity index (χ0) is 31.3. The van der Waals surface area contributed by atoms with Crippen LogP contribution in [0.25, 0.3) is 11.3 Å². The molecule has 13 heteroatoms. The Morgan fingerprint density at radius 3 is 2.50 bits per heavy atom. The van der Waals surface area contributed by atoms with Gasteiger partial charge in [-0.15, -0.1) is 0 Å². The molecule has 1 aromatic heterocycles. The van der Waals surface area contributed by atoms with Gasteiger partial charge in [0.15, 0.2) is 0 Å². The standard InChI is InChI=1S/C31H43N7O6/c1-2-3-7-18-44-31(43)38-16-14-37(15-17-38)30(42)24(10-11-27(39)40)35-29(41)28-34-25(23-8-5-4-6-9-23)19-26(36-28)33-21-22-12-13-32-20-22/h4-6,8-9,19,22,24,32H,2-3,7,10-18,20-21H2,1H3,(H,35,41)(H,39,40)(H,33,34,36)/t22?,24-/m0/s1. The second-order valence-corrected chi connectivity index (χ2v) is 11.2. The highest BCUT2D eigenvalue weighted by Crippen LogP contribution is 2.21. The molecule has 4 rings (SSSR count). The normalized spacial score (nSPS) is 17.2. The van der Waals surface area contributed by atoms with Crippen LogP contribution in [-0.4, -0.2) is 107 Å². The molecule has 4 N–H and O–H groups in total. The van der Waals surface area contributed by atoms with Crippen LogP contribution < -0.4 is 16.0 Å². The number of benzene rings is 1. The third-order valence-electron chi connectivity index (χ3n) is 7.81. The molecule has 2 aromatic rings. The number of piperazine rings is 1. The van der Waals surface area contributed by atoms with Gasteiger partial charge in [0, 0.05) is 50.8 Å². The Balaban J connectivity index is 1.44. The average Bonchev–Trinajstić information content (AvgIpc) is 3.58. The van der Waals surface area contributed by atoms with Crippen LogP contribution in [0.3, 0.4) is 0 Å². The van der Waals surface area contributed by atoms with Gasteiger partial charge < -0.3 is 35.6 Å². The molecule has 0 spiro atoms. The van der Waals surface area contributed by atoms with Crippen molar-refractivity contribution in [2.45, 2.75) is 51.5 Å². The number of aromatic nitrogens is 2. The molecule has 3 heterocycles. The van der Waals surface area contributed by atoms with Gasteiger partial charge in [-0.05, 0) is 38.3 Å². The molecule has 238 valence electrons. The summed E-state index contributed by atoms with van der Waals surface area (Å²) in [5.41, 5.74) is 1.35. The number of carboxylic acid groups (broad SMARTS) is 1. The van der Waals surface area contributed by atoms with E-state index < -0.39 is 29.9 Å². The minimum atomic E-state index is -1.10. The van der Waals surface area contributed by atoms with Crippen molar-refractivity contribution in [3.63, 3.8) is 0 Å². The van der Waals surface area contributed by atoms with Crippen LogP contribution in [0.15, 0.2) is 36.4 Å². The first-order valence-electron chi connectivity index (χ1n) is 15.5. The monoisotopic (exact) mass is 609 g/mol. The molecule has 2 fully saturated rings. The van der Waals surface area contributed by atoms with Gasteiger partial charge in [-0.1, -0.05) is 50.1 Å². The van der Waals surface area contributed by atoms with Crippen molar-refractivity contribution in [2.24, 2.45) is 5.92 Å². The molecule has 3 amide bonds. The number of nitrogens with one attached hydrogen (secondary N) is 3. The summed E-state index contributed by atoms with van der Waals surface area (Å²) in [5.74, 6) is -1.37. The first-order valence-corrected chi connectivity index (χ1v) is 15.5. The predicted octanol–water partition coefficient (Wildman–Crippen LogP) is 2.60. The predicted molar refractivity (Wildman–Crippen MR) is 164 cm³/mol. The van der Waals surface area contributed by atoms with E-state index >= 15 is 0 Å². The smallest absolute Gasteiger partial charge is 0.409 e. The first-order chi connectivity index (χ1) is 21.3. The molecular formula is C31H43N7O6. The maximum absolute atomic E-state index is 13.5. The maximum atomic E-state index is 13.5. The van der Waals surface area contributed by atoms with Crippen LogP contribution in [0.2, 0.25) is 0 Å². The molecular weight excluding hydrogens is 566 g/mol. The Bertz CT molecular complexity index is 1260. The van der Waals surface area contributed by atoms with E-state index in [0.29, 0.717) is 30.6 Å². The molecule has 0 radical (unpaired) electrons. The van der Waals surface area contributed by atoms with Crippen LogP contribution in [0.4, 0.5) is 10.6 Å². The molecule has 0 aliphatic carbocycles. The lowest BCUT2D eigenvalue weighted by Gasteiger charge is -2.36. The summed E-state index contributed by atoms with van der Waals surface area (Å²) >= 11 is 0. The van der Waals surface area contributed by atoms with E-state index in [2.05, 4.69) is 32.8 Å². The van der Waals surface area contributed by atoms with Crippen molar-refractivity contribution in [3.05, 3.63) is 42.2 Å². The highest BCUT2D eigenvalue weighted by molar-refractivity contribution is 5.95. The summed E-state index contributed by atoms with van der Waals surface area (Å²) in [4.78, 5) is 62.9. The van der Waals surface area contributed by atoms with Crippen molar-refractivity contribution in [1.82, 2.24) is 30.4 Å².